The summed E-state index contributed by atoms with van der Waals surface area (Å²) in [5, 5.41) is 2.99. The second kappa shape index (κ2) is 5.90. The molecule has 1 aromatic carbocycles. The van der Waals surface area contributed by atoms with Crippen molar-refractivity contribution in [2.24, 2.45) is 0 Å². The fraction of sp³-hybridized carbons (Fsp3) is 0.375. The molecule has 2 aromatic rings. The second-order valence-electron chi connectivity index (χ2n) is 5.22. The number of hydrogen-bond acceptors (Lipinski definition) is 2. The van der Waals surface area contributed by atoms with Crippen LogP contribution in [0, 0.1) is 27.7 Å². The number of nitrogens with zero attached hydrogens (tertiary/aromatic N) is 1. The Balaban J connectivity index is 2.09. The topological polar surface area (TPSA) is 57.8 Å². The van der Waals surface area contributed by atoms with Gasteiger partial charge in [-0.1, -0.05) is 6.07 Å². The van der Waals surface area contributed by atoms with Gasteiger partial charge in [-0.2, -0.15) is 0 Å². The summed E-state index contributed by atoms with van der Waals surface area (Å²) in [5.41, 5.74) is 6.28. The van der Waals surface area contributed by atoms with Crippen molar-refractivity contribution in [3.05, 3.63) is 52.1 Å². The van der Waals surface area contributed by atoms with E-state index in [9.17, 15) is 4.79 Å². The Morgan fingerprint density at radius 3 is 2.40 bits per heavy atom. The lowest BCUT2D eigenvalue weighted by molar-refractivity contribution is 0.0952. The summed E-state index contributed by atoms with van der Waals surface area (Å²) < 4.78 is 0. The number of H-pyrrole nitrogens is 1. The van der Waals surface area contributed by atoms with Gasteiger partial charge in [-0.05, 0) is 49.9 Å². The average molecular weight is 271 g/mol. The predicted molar refractivity (Wildman–Crippen MR) is 80.0 cm³/mol. The van der Waals surface area contributed by atoms with Crippen LogP contribution in [0.1, 0.15) is 38.3 Å². The molecule has 2 N–H and O–H groups in total. The molecule has 0 aliphatic carbocycles. The molecule has 0 saturated heterocycles. The Morgan fingerprint density at radius 1 is 1.20 bits per heavy atom. The number of nitrogens with one attached hydrogen (secondary N) is 2. The first kappa shape index (κ1) is 14.3. The molecular formula is C16H21N3O. The van der Waals surface area contributed by atoms with Crippen molar-refractivity contribution >= 4 is 5.91 Å². The number of benzene rings is 1. The van der Waals surface area contributed by atoms with E-state index in [2.05, 4.69) is 21.4 Å². The highest BCUT2D eigenvalue weighted by Crippen LogP contribution is 2.21. The van der Waals surface area contributed by atoms with Crippen LogP contribution in [0.15, 0.2) is 18.6 Å². The van der Waals surface area contributed by atoms with Crippen LogP contribution in [0.2, 0.25) is 0 Å². The third-order valence-electron chi connectivity index (χ3n) is 3.83. The van der Waals surface area contributed by atoms with Gasteiger partial charge in [-0.25, -0.2) is 4.98 Å². The van der Waals surface area contributed by atoms with E-state index in [0.29, 0.717) is 6.54 Å². The molecule has 0 radical (unpaired) electrons. The molecule has 0 fully saturated rings. The summed E-state index contributed by atoms with van der Waals surface area (Å²) in [6, 6.07) is 2.13. The quantitative estimate of drug-likeness (QED) is 0.898. The molecule has 0 aliphatic heterocycles. The van der Waals surface area contributed by atoms with Crippen molar-refractivity contribution in [2.75, 3.05) is 6.54 Å². The number of carbonyl (C=O) groups is 1. The lowest BCUT2D eigenvalue weighted by Gasteiger charge is -2.15. The first-order valence-electron chi connectivity index (χ1n) is 6.83. The van der Waals surface area contributed by atoms with Crippen molar-refractivity contribution in [1.29, 1.82) is 0 Å². The molecule has 1 heterocycles. The first-order valence-corrected chi connectivity index (χ1v) is 6.83. The minimum absolute atomic E-state index is 0.00585. The molecule has 0 atom stereocenters. The third-order valence-corrected chi connectivity index (χ3v) is 3.83. The van der Waals surface area contributed by atoms with E-state index >= 15 is 0 Å². The van der Waals surface area contributed by atoms with E-state index in [-0.39, 0.29) is 5.91 Å². The van der Waals surface area contributed by atoms with Gasteiger partial charge in [0, 0.05) is 30.4 Å². The smallest absolute Gasteiger partial charge is 0.251 e. The number of carbonyl (C=O) groups excluding carboxylic acids is 1. The van der Waals surface area contributed by atoms with Gasteiger partial charge in [-0.15, -0.1) is 0 Å². The van der Waals surface area contributed by atoms with Crippen LogP contribution in [-0.4, -0.2) is 22.4 Å². The van der Waals surface area contributed by atoms with Crippen LogP contribution in [0.5, 0.6) is 0 Å². The zero-order chi connectivity index (χ0) is 14.7. The number of amides is 1. The molecule has 1 amide bonds. The van der Waals surface area contributed by atoms with E-state index in [0.717, 1.165) is 39.9 Å². The number of aryl methyl sites for hydroxylation is 2. The number of rotatable bonds is 4. The maximum absolute atomic E-state index is 12.4. The van der Waals surface area contributed by atoms with Gasteiger partial charge in [0.15, 0.2) is 0 Å². The summed E-state index contributed by atoms with van der Waals surface area (Å²) >= 11 is 0. The molecule has 0 unspecified atom stereocenters. The van der Waals surface area contributed by atoms with E-state index < -0.39 is 0 Å². The second-order valence-corrected chi connectivity index (χ2v) is 5.22. The van der Waals surface area contributed by atoms with Gasteiger partial charge in [0.05, 0.1) is 6.33 Å². The van der Waals surface area contributed by atoms with E-state index in [1.807, 2.05) is 27.7 Å². The normalized spacial score (nSPS) is 10.6. The van der Waals surface area contributed by atoms with Crippen molar-refractivity contribution in [3.8, 4) is 0 Å². The molecule has 0 bridgehead atoms. The summed E-state index contributed by atoms with van der Waals surface area (Å²) in [7, 11) is 0. The van der Waals surface area contributed by atoms with E-state index in [1.54, 1.807) is 12.5 Å². The zero-order valence-electron chi connectivity index (χ0n) is 12.5. The highest BCUT2D eigenvalue weighted by atomic mass is 16.1. The molecule has 20 heavy (non-hydrogen) atoms. The minimum Gasteiger partial charge on any atom is -0.352 e. The zero-order valence-corrected chi connectivity index (χ0v) is 12.5. The molecule has 4 nitrogen and oxygen atoms in total. The lowest BCUT2D eigenvalue weighted by Crippen LogP contribution is -2.27. The van der Waals surface area contributed by atoms with E-state index in [4.69, 9.17) is 0 Å². The Labute approximate surface area is 119 Å². The fourth-order valence-corrected chi connectivity index (χ4v) is 2.38. The van der Waals surface area contributed by atoms with Gasteiger partial charge in [0.2, 0.25) is 0 Å². The largest absolute Gasteiger partial charge is 0.352 e. The van der Waals surface area contributed by atoms with Crippen LogP contribution < -0.4 is 5.32 Å². The molecular weight excluding hydrogens is 250 g/mol. The molecule has 0 spiro atoms. The standard InChI is InChI=1S/C16H21N3O/c1-10-7-11(2)13(4)15(12(10)3)16(20)18-6-5-14-8-17-9-19-14/h7-9H,5-6H2,1-4H3,(H,17,19)(H,18,20). The maximum atomic E-state index is 12.4. The molecule has 4 heteroatoms. The van der Waals surface area contributed by atoms with Crippen molar-refractivity contribution in [1.82, 2.24) is 15.3 Å². The van der Waals surface area contributed by atoms with Crippen molar-refractivity contribution < 1.29 is 4.79 Å². The van der Waals surface area contributed by atoms with Crippen LogP contribution >= 0.6 is 0 Å². The molecule has 1 aromatic heterocycles. The maximum Gasteiger partial charge on any atom is 0.251 e. The van der Waals surface area contributed by atoms with Crippen LogP contribution in [-0.2, 0) is 6.42 Å². The van der Waals surface area contributed by atoms with Gasteiger partial charge < -0.3 is 10.3 Å². The highest BCUT2D eigenvalue weighted by molar-refractivity contribution is 5.97. The Bertz CT molecular complexity index is 589. The number of imidazole rings is 1. The van der Waals surface area contributed by atoms with Gasteiger partial charge in [0.25, 0.3) is 5.91 Å². The first-order chi connectivity index (χ1) is 9.50. The number of aromatic nitrogens is 2. The lowest BCUT2D eigenvalue weighted by atomic mass is 9.94. The SMILES string of the molecule is Cc1cc(C)c(C)c(C(=O)NCCc2cnc[nH]2)c1C. The summed E-state index contributed by atoms with van der Waals surface area (Å²) in [5.74, 6) is 0.00585. The molecule has 0 aliphatic rings. The molecule has 106 valence electrons. The fourth-order valence-electron chi connectivity index (χ4n) is 2.38. The predicted octanol–water partition coefficient (Wildman–Crippen LogP) is 2.62. The van der Waals surface area contributed by atoms with Crippen LogP contribution in [0.4, 0.5) is 0 Å². The van der Waals surface area contributed by atoms with Gasteiger partial charge in [-0.3, -0.25) is 4.79 Å². The summed E-state index contributed by atoms with van der Waals surface area (Å²) in [4.78, 5) is 19.4. The Morgan fingerprint density at radius 2 is 1.85 bits per heavy atom. The average Bonchev–Trinajstić information content (AvgIpc) is 2.90. The van der Waals surface area contributed by atoms with Gasteiger partial charge in [0.1, 0.15) is 0 Å². The van der Waals surface area contributed by atoms with Crippen LogP contribution in [0.3, 0.4) is 0 Å². The summed E-state index contributed by atoms with van der Waals surface area (Å²) in [6.07, 6.45) is 4.18. The Kier molecular flexibility index (Phi) is 4.23. The summed E-state index contributed by atoms with van der Waals surface area (Å²) in [6.45, 7) is 8.70. The number of aromatic amines is 1. The Hall–Kier alpha value is -2.10. The minimum atomic E-state index is 0.00585. The third kappa shape index (κ3) is 2.90. The monoisotopic (exact) mass is 271 g/mol. The van der Waals surface area contributed by atoms with Crippen molar-refractivity contribution in [3.63, 3.8) is 0 Å². The van der Waals surface area contributed by atoms with Gasteiger partial charge >= 0.3 is 0 Å². The van der Waals surface area contributed by atoms with Crippen LogP contribution in [0.25, 0.3) is 0 Å². The highest BCUT2D eigenvalue weighted by Gasteiger charge is 2.15. The molecule has 2 rings (SSSR count). The van der Waals surface area contributed by atoms with E-state index in [1.165, 1.54) is 0 Å². The molecule has 0 saturated carbocycles. The number of hydrogen-bond donors (Lipinski definition) is 2. The van der Waals surface area contributed by atoms with Crippen molar-refractivity contribution in [2.45, 2.75) is 34.1 Å².